The largest absolute Gasteiger partial charge is 0.338 e. The summed E-state index contributed by atoms with van der Waals surface area (Å²) in [5.74, 6) is 0.345. The Hall–Kier alpha value is -1.19. The van der Waals surface area contributed by atoms with Crippen molar-refractivity contribution in [3.05, 3.63) is 17.7 Å². The smallest absolute Gasteiger partial charge is 0.225 e. The molecular weight excluding hydrogens is 253 g/mol. The standard InChI is InChI=1S/C16H28FN3/c1-7-12(3)20(10-9-16(4,5)6)15-18-11-13(17)14(8-2)19-15/h11-12H,7-10H2,1-6H3. The van der Waals surface area contributed by atoms with E-state index in [2.05, 4.69) is 49.5 Å². The lowest BCUT2D eigenvalue weighted by Gasteiger charge is -2.31. The monoisotopic (exact) mass is 281 g/mol. The topological polar surface area (TPSA) is 29.0 Å². The van der Waals surface area contributed by atoms with Gasteiger partial charge in [-0.3, -0.25) is 0 Å². The van der Waals surface area contributed by atoms with Crippen LogP contribution in [-0.2, 0) is 6.42 Å². The maximum atomic E-state index is 13.5. The summed E-state index contributed by atoms with van der Waals surface area (Å²) in [5, 5.41) is 0. The summed E-state index contributed by atoms with van der Waals surface area (Å²) in [6, 6.07) is 0.354. The molecule has 1 aromatic rings. The van der Waals surface area contributed by atoms with Crippen LogP contribution < -0.4 is 4.90 Å². The van der Waals surface area contributed by atoms with Gasteiger partial charge in [-0.25, -0.2) is 14.4 Å². The highest BCUT2D eigenvalue weighted by molar-refractivity contribution is 5.32. The van der Waals surface area contributed by atoms with Crippen molar-refractivity contribution in [2.45, 2.75) is 66.8 Å². The highest BCUT2D eigenvalue weighted by Crippen LogP contribution is 2.22. The highest BCUT2D eigenvalue weighted by Gasteiger charge is 2.20. The van der Waals surface area contributed by atoms with E-state index < -0.39 is 0 Å². The van der Waals surface area contributed by atoms with Crippen molar-refractivity contribution >= 4 is 5.95 Å². The Morgan fingerprint density at radius 2 is 1.95 bits per heavy atom. The Balaban J connectivity index is 2.98. The van der Waals surface area contributed by atoms with Crippen molar-refractivity contribution < 1.29 is 4.39 Å². The third-order valence-electron chi connectivity index (χ3n) is 3.62. The van der Waals surface area contributed by atoms with Gasteiger partial charge in [-0.1, -0.05) is 34.6 Å². The number of aromatic nitrogens is 2. The molecule has 20 heavy (non-hydrogen) atoms. The van der Waals surface area contributed by atoms with Gasteiger partial charge in [-0.05, 0) is 31.6 Å². The van der Waals surface area contributed by atoms with Crippen LogP contribution in [0.3, 0.4) is 0 Å². The van der Waals surface area contributed by atoms with Gasteiger partial charge in [0.1, 0.15) is 0 Å². The van der Waals surface area contributed by atoms with Gasteiger partial charge >= 0.3 is 0 Å². The van der Waals surface area contributed by atoms with Crippen molar-refractivity contribution in [2.75, 3.05) is 11.4 Å². The van der Waals surface area contributed by atoms with Crippen molar-refractivity contribution in [2.24, 2.45) is 5.41 Å². The second kappa shape index (κ2) is 7.00. The zero-order chi connectivity index (χ0) is 15.3. The molecule has 114 valence electrons. The zero-order valence-corrected chi connectivity index (χ0v) is 13.7. The minimum atomic E-state index is -0.309. The molecule has 0 aliphatic rings. The Kier molecular flexibility index (Phi) is 5.90. The summed E-state index contributed by atoms with van der Waals surface area (Å²) >= 11 is 0. The predicted molar refractivity (Wildman–Crippen MR) is 82.5 cm³/mol. The lowest BCUT2D eigenvalue weighted by atomic mass is 9.92. The number of hydrogen-bond donors (Lipinski definition) is 0. The van der Waals surface area contributed by atoms with Crippen molar-refractivity contribution in [3.8, 4) is 0 Å². The summed E-state index contributed by atoms with van der Waals surface area (Å²) in [6.45, 7) is 13.8. The molecule has 0 aliphatic carbocycles. The lowest BCUT2D eigenvalue weighted by Crippen LogP contribution is -2.36. The fourth-order valence-corrected chi connectivity index (χ4v) is 1.97. The van der Waals surface area contributed by atoms with Crippen LogP contribution in [0.2, 0.25) is 0 Å². The van der Waals surface area contributed by atoms with Gasteiger partial charge in [-0.2, -0.15) is 0 Å². The summed E-state index contributed by atoms with van der Waals surface area (Å²) in [6.07, 6.45) is 3.97. The van der Waals surface area contributed by atoms with Crippen LogP contribution in [0.1, 0.15) is 60.1 Å². The molecule has 0 saturated carbocycles. The van der Waals surface area contributed by atoms with E-state index in [0.29, 0.717) is 24.1 Å². The molecule has 0 aromatic carbocycles. The quantitative estimate of drug-likeness (QED) is 0.781. The van der Waals surface area contributed by atoms with E-state index in [-0.39, 0.29) is 11.2 Å². The van der Waals surface area contributed by atoms with Gasteiger partial charge in [0, 0.05) is 12.6 Å². The van der Waals surface area contributed by atoms with Crippen molar-refractivity contribution in [3.63, 3.8) is 0 Å². The van der Waals surface area contributed by atoms with Crippen LogP contribution in [0.4, 0.5) is 10.3 Å². The van der Waals surface area contributed by atoms with E-state index in [0.717, 1.165) is 19.4 Å². The number of nitrogens with zero attached hydrogens (tertiary/aromatic N) is 3. The molecule has 1 aromatic heterocycles. The highest BCUT2D eigenvalue weighted by atomic mass is 19.1. The Bertz CT molecular complexity index is 426. The van der Waals surface area contributed by atoms with Gasteiger partial charge in [0.25, 0.3) is 0 Å². The average molecular weight is 281 g/mol. The molecule has 4 heteroatoms. The fourth-order valence-electron chi connectivity index (χ4n) is 1.97. The van der Waals surface area contributed by atoms with Gasteiger partial charge in [0.15, 0.2) is 5.82 Å². The van der Waals surface area contributed by atoms with Crippen LogP contribution in [0.15, 0.2) is 6.20 Å². The fraction of sp³-hybridized carbons (Fsp3) is 0.750. The first-order valence-electron chi connectivity index (χ1n) is 7.56. The summed E-state index contributed by atoms with van der Waals surface area (Å²) in [4.78, 5) is 10.8. The Morgan fingerprint density at radius 3 is 2.45 bits per heavy atom. The minimum absolute atomic E-state index is 0.263. The molecule has 0 aliphatic heterocycles. The molecule has 0 bridgehead atoms. The van der Waals surface area contributed by atoms with Gasteiger partial charge in [-0.15, -0.1) is 0 Å². The molecule has 0 amide bonds. The number of hydrogen-bond acceptors (Lipinski definition) is 3. The molecular formula is C16H28FN3. The third-order valence-corrected chi connectivity index (χ3v) is 3.62. The van der Waals surface area contributed by atoms with Gasteiger partial charge < -0.3 is 4.90 Å². The summed E-state index contributed by atoms with van der Waals surface area (Å²) < 4.78 is 13.5. The SMILES string of the molecule is CCc1nc(N(CCC(C)(C)C)C(C)CC)ncc1F. The van der Waals surface area contributed by atoms with Gasteiger partial charge in [0.05, 0.1) is 11.9 Å². The molecule has 0 saturated heterocycles. The van der Waals surface area contributed by atoms with Crippen LogP contribution in [0, 0.1) is 11.2 Å². The van der Waals surface area contributed by atoms with E-state index >= 15 is 0 Å². The number of rotatable bonds is 6. The average Bonchev–Trinajstić information content (AvgIpc) is 2.38. The van der Waals surface area contributed by atoms with Gasteiger partial charge in [0.2, 0.25) is 5.95 Å². The normalized spacial score (nSPS) is 13.3. The first-order chi connectivity index (χ1) is 9.28. The van der Waals surface area contributed by atoms with Crippen LogP contribution in [-0.4, -0.2) is 22.6 Å². The molecule has 1 rings (SSSR count). The maximum Gasteiger partial charge on any atom is 0.225 e. The van der Waals surface area contributed by atoms with E-state index in [1.165, 1.54) is 6.20 Å². The number of aryl methyl sites for hydroxylation is 1. The minimum Gasteiger partial charge on any atom is -0.338 e. The van der Waals surface area contributed by atoms with E-state index in [1.807, 2.05) is 6.92 Å². The lowest BCUT2D eigenvalue weighted by molar-refractivity contribution is 0.370. The Morgan fingerprint density at radius 1 is 1.30 bits per heavy atom. The van der Waals surface area contributed by atoms with E-state index in [4.69, 9.17) is 0 Å². The zero-order valence-electron chi connectivity index (χ0n) is 13.7. The first kappa shape index (κ1) is 16.9. The summed E-state index contributed by atoms with van der Waals surface area (Å²) in [7, 11) is 0. The second-order valence-electron chi connectivity index (χ2n) is 6.58. The number of anilines is 1. The molecule has 0 spiro atoms. The number of halogens is 1. The summed E-state index contributed by atoms with van der Waals surface area (Å²) in [5.41, 5.74) is 0.762. The van der Waals surface area contributed by atoms with Crippen LogP contribution >= 0.6 is 0 Å². The Labute approximate surface area is 122 Å². The van der Waals surface area contributed by atoms with Crippen molar-refractivity contribution in [1.82, 2.24) is 9.97 Å². The van der Waals surface area contributed by atoms with E-state index in [9.17, 15) is 4.39 Å². The molecule has 3 nitrogen and oxygen atoms in total. The van der Waals surface area contributed by atoms with Crippen LogP contribution in [0.25, 0.3) is 0 Å². The molecule has 0 fully saturated rings. The molecule has 1 heterocycles. The molecule has 1 atom stereocenters. The second-order valence-corrected chi connectivity index (χ2v) is 6.58. The molecule has 0 radical (unpaired) electrons. The maximum absolute atomic E-state index is 13.5. The predicted octanol–water partition coefficient (Wildman–Crippen LogP) is 4.22. The van der Waals surface area contributed by atoms with E-state index in [1.54, 1.807) is 0 Å². The van der Waals surface area contributed by atoms with Crippen LogP contribution in [0.5, 0.6) is 0 Å². The van der Waals surface area contributed by atoms with Crippen molar-refractivity contribution in [1.29, 1.82) is 0 Å². The molecule has 1 unspecified atom stereocenters. The third kappa shape index (κ3) is 4.73. The first-order valence-corrected chi connectivity index (χ1v) is 7.56. The molecule has 0 N–H and O–H groups in total.